The largest absolute Gasteiger partial charge is 0.466 e. The Morgan fingerprint density at radius 2 is 1.04 bits per heavy atom. The molecule has 2 aliphatic heterocycles. The number of hydrogen-bond donors (Lipinski definition) is 0. The van der Waals surface area contributed by atoms with Crippen molar-refractivity contribution in [1.82, 2.24) is 19.8 Å². The predicted molar refractivity (Wildman–Crippen MR) is 215 cm³/mol. The number of hydrogen-bond acceptors (Lipinski definition) is 10. The van der Waals surface area contributed by atoms with Gasteiger partial charge in [-0.1, -0.05) is 35.8 Å². The van der Waals surface area contributed by atoms with Gasteiger partial charge in [0.25, 0.3) is 0 Å². The van der Waals surface area contributed by atoms with Crippen molar-refractivity contribution >= 4 is 35.5 Å². The molecule has 10 heteroatoms. The molecule has 4 aromatic rings. The van der Waals surface area contributed by atoms with Gasteiger partial charge in [0, 0.05) is 105 Å². The highest BCUT2D eigenvalue weighted by Crippen LogP contribution is 2.21. The highest BCUT2D eigenvalue weighted by Gasteiger charge is 2.16. The number of aromatic nitrogens is 2. The lowest BCUT2D eigenvalue weighted by molar-refractivity contribution is -0.135. The molecule has 0 saturated carbocycles. The number of likely N-dealkylation sites (N-methyl/N-ethyl adjacent to an activating group) is 2. The summed E-state index contributed by atoms with van der Waals surface area (Å²) in [5.74, 6) is 12.0. The molecule has 0 atom stereocenters. The number of esters is 2. The molecule has 6 rings (SSSR count). The molecule has 0 N–H and O–H groups in total. The third-order valence-electron chi connectivity index (χ3n) is 8.93. The van der Waals surface area contributed by atoms with Crippen molar-refractivity contribution in [2.24, 2.45) is 0 Å². The molecule has 54 heavy (non-hydrogen) atoms. The van der Waals surface area contributed by atoms with Gasteiger partial charge in [-0.05, 0) is 86.9 Å². The Morgan fingerprint density at radius 1 is 0.574 bits per heavy atom. The van der Waals surface area contributed by atoms with Crippen LogP contribution in [0.25, 0.3) is 12.2 Å². The lowest BCUT2D eigenvalue weighted by Gasteiger charge is -2.34. The Bertz CT molecular complexity index is 2020. The van der Waals surface area contributed by atoms with E-state index in [1.165, 1.54) is 37.7 Å². The van der Waals surface area contributed by atoms with E-state index >= 15 is 0 Å². The topological polar surface area (TPSA) is 91.3 Å². The van der Waals surface area contributed by atoms with E-state index in [4.69, 9.17) is 0 Å². The number of carbonyl (C=O) groups excluding carboxylic acids is 2. The first-order valence-corrected chi connectivity index (χ1v) is 17.8. The van der Waals surface area contributed by atoms with Crippen LogP contribution in [-0.4, -0.2) is 112 Å². The van der Waals surface area contributed by atoms with Gasteiger partial charge in [0.2, 0.25) is 0 Å². The van der Waals surface area contributed by atoms with Gasteiger partial charge in [0.15, 0.2) is 0 Å². The van der Waals surface area contributed by atoms with Crippen molar-refractivity contribution in [1.29, 1.82) is 0 Å². The summed E-state index contributed by atoms with van der Waals surface area (Å²) < 4.78 is 9.12. The molecule has 2 aliphatic rings. The maximum absolute atomic E-state index is 11.1. The summed E-state index contributed by atoms with van der Waals surface area (Å²) in [5.41, 5.74) is 7.46. The van der Waals surface area contributed by atoms with Crippen molar-refractivity contribution < 1.29 is 19.1 Å². The summed E-state index contributed by atoms with van der Waals surface area (Å²) in [4.78, 5) is 40.3. The van der Waals surface area contributed by atoms with E-state index in [0.29, 0.717) is 11.4 Å². The number of methoxy groups -OCH3 is 2. The number of piperazine rings is 2. The third kappa shape index (κ3) is 12.2. The summed E-state index contributed by atoms with van der Waals surface area (Å²) >= 11 is 0. The molecule has 0 spiro atoms. The molecule has 2 aromatic heterocycles. The second kappa shape index (κ2) is 20.1. The van der Waals surface area contributed by atoms with Crippen molar-refractivity contribution in [3.05, 3.63) is 131 Å². The Kier molecular flexibility index (Phi) is 14.6. The van der Waals surface area contributed by atoms with E-state index in [1.807, 2.05) is 30.3 Å². The highest BCUT2D eigenvalue weighted by molar-refractivity contribution is 5.87. The van der Waals surface area contributed by atoms with Gasteiger partial charge in [0.05, 0.1) is 31.3 Å². The minimum absolute atomic E-state index is 0.402. The Balaban J connectivity index is 0.000000208. The Labute approximate surface area is 318 Å². The SMILES string of the molecule is COC(=O)/C=C/c1ccc(C#Cc2ccc(N3CCN(C)CC3)cc2)cn1.COC(=O)/C=C/c1ccc(C#Cc2ccccc2N2CCN(C)CC2)cn1. The second-order valence-electron chi connectivity index (χ2n) is 12.8. The molecule has 0 aliphatic carbocycles. The quantitative estimate of drug-likeness (QED) is 0.157. The molecule has 2 fully saturated rings. The summed E-state index contributed by atoms with van der Waals surface area (Å²) in [5, 5.41) is 0. The monoisotopic (exact) mass is 722 g/mol. The van der Waals surface area contributed by atoms with Crippen LogP contribution in [0.1, 0.15) is 33.6 Å². The van der Waals surface area contributed by atoms with E-state index in [0.717, 1.165) is 74.6 Å². The number of ether oxygens (including phenoxy) is 2. The van der Waals surface area contributed by atoms with Crippen molar-refractivity contribution in [3.63, 3.8) is 0 Å². The molecular formula is C44H46N6O4. The number of rotatable bonds is 6. The normalized spacial score (nSPS) is 14.7. The van der Waals surface area contributed by atoms with E-state index in [2.05, 4.69) is 119 Å². The number of nitrogens with zero attached hydrogens (tertiary/aromatic N) is 6. The van der Waals surface area contributed by atoms with Crippen LogP contribution >= 0.6 is 0 Å². The van der Waals surface area contributed by atoms with Crippen LogP contribution in [0.15, 0.2) is 97.3 Å². The van der Waals surface area contributed by atoms with E-state index < -0.39 is 11.9 Å². The van der Waals surface area contributed by atoms with E-state index in [1.54, 1.807) is 24.5 Å². The standard InChI is InChI=1S/2C22H23N3O2/c1-24-13-15-25(16-14-24)21-10-6-18(7-11-21)3-4-19-5-8-20(23-17-19)9-12-22(26)27-2;1-24-13-15-25(16-14-24)21-6-4-3-5-19(21)9-7-18-8-10-20(23-17-18)11-12-22(26)27-2/h5-12,17H,13-16H2,1-2H3;3-6,8,10-12,17H,13-16H2,1-2H3/b12-9+;12-11+. The van der Waals surface area contributed by atoms with Gasteiger partial charge >= 0.3 is 11.9 Å². The zero-order valence-corrected chi connectivity index (χ0v) is 31.4. The van der Waals surface area contributed by atoms with Gasteiger partial charge in [0.1, 0.15) is 0 Å². The van der Waals surface area contributed by atoms with Gasteiger partial charge in [-0.2, -0.15) is 0 Å². The number of anilines is 2. The van der Waals surface area contributed by atoms with Crippen LogP contribution in [0.2, 0.25) is 0 Å². The maximum Gasteiger partial charge on any atom is 0.330 e. The van der Waals surface area contributed by atoms with E-state index in [-0.39, 0.29) is 0 Å². The number of benzene rings is 2. The van der Waals surface area contributed by atoms with Crippen LogP contribution in [0, 0.1) is 23.7 Å². The summed E-state index contributed by atoms with van der Waals surface area (Å²) in [6, 6.07) is 24.1. The number of para-hydroxylation sites is 1. The lowest BCUT2D eigenvalue weighted by atomic mass is 10.1. The van der Waals surface area contributed by atoms with Crippen molar-refractivity contribution in [2.75, 3.05) is 90.5 Å². The fraction of sp³-hybridized carbons (Fsp3) is 0.273. The first kappa shape index (κ1) is 39.0. The predicted octanol–water partition coefficient (Wildman–Crippen LogP) is 4.84. The maximum atomic E-state index is 11.1. The summed E-state index contributed by atoms with van der Waals surface area (Å²) in [7, 11) is 7.00. The minimum Gasteiger partial charge on any atom is -0.466 e. The smallest absolute Gasteiger partial charge is 0.330 e. The fourth-order valence-electron chi connectivity index (χ4n) is 5.61. The molecule has 0 amide bonds. The summed E-state index contributed by atoms with van der Waals surface area (Å²) in [6.45, 7) is 8.46. The molecule has 10 nitrogen and oxygen atoms in total. The highest BCUT2D eigenvalue weighted by atomic mass is 16.5. The molecule has 0 radical (unpaired) electrons. The van der Waals surface area contributed by atoms with Crippen molar-refractivity contribution in [3.8, 4) is 23.7 Å². The Morgan fingerprint density at radius 3 is 1.54 bits per heavy atom. The minimum atomic E-state index is -0.402. The van der Waals surface area contributed by atoms with Crippen LogP contribution in [-0.2, 0) is 19.1 Å². The first-order valence-electron chi connectivity index (χ1n) is 17.8. The van der Waals surface area contributed by atoms with Gasteiger partial charge < -0.3 is 29.1 Å². The second-order valence-corrected chi connectivity index (χ2v) is 12.8. The molecule has 2 aromatic carbocycles. The third-order valence-corrected chi connectivity index (χ3v) is 8.93. The number of pyridine rings is 2. The fourth-order valence-corrected chi connectivity index (χ4v) is 5.61. The van der Waals surface area contributed by atoms with Crippen LogP contribution < -0.4 is 9.80 Å². The average Bonchev–Trinajstić information content (AvgIpc) is 3.22. The van der Waals surface area contributed by atoms with Crippen molar-refractivity contribution in [2.45, 2.75) is 0 Å². The molecule has 2 saturated heterocycles. The molecular weight excluding hydrogens is 677 g/mol. The summed E-state index contributed by atoms with van der Waals surface area (Å²) in [6.07, 6.45) is 9.33. The van der Waals surface area contributed by atoms with Gasteiger partial charge in [-0.15, -0.1) is 0 Å². The van der Waals surface area contributed by atoms with Crippen LogP contribution in [0.4, 0.5) is 11.4 Å². The zero-order chi connectivity index (χ0) is 38.1. The first-order chi connectivity index (χ1) is 26.3. The molecule has 0 bridgehead atoms. The molecule has 276 valence electrons. The van der Waals surface area contributed by atoms with Gasteiger partial charge in [-0.25, -0.2) is 9.59 Å². The molecule has 0 unspecified atom stereocenters. The zero-order valence-electron chi connectivity index (χ0n) is 31.4. The van der Waals surface area contributed by atoms with E-state index in [9.17, 15) is 9.59 Å². The average molecular weight is 723 g/mol. The van der Waals surface area contributed by atoms with Crippen LogP contribution in [0.5, 0.6) is 0 Å². The Hall–Kier alpha value is -6.20. The molecule has 4 heterocycles. The lowest BCUT2D eigenvalue weighted by Crippen LogP contribution is -2.44. The van der Waals surface area contributed by atoms with Gasteiger partial charge in [-0.3, -0.25) is 9.97 Å². The van der Waals surface area contributed by atoms with Crippen LogP contribution in [0.3, 0.4) is 0 Å². The number of carbonyl (C=O) groups is 2.